The van der Waals surface area contributed by atoms with Gasteiger partial charge < -0.3 is 14.8 Å². The van der Waals surface area contributed by atoms with E-state index in [1.54, 1.807) is 36.5 Å². The fourth-order valence-electron chi connectivity index (χ4n) is 2.74. The van der Waals surface area contributed by atoms with Crippen LogP contribution in [0.25, 0.3) is 6.08 Å². The molecule has 0 fully saturated rings. The van der Waals surface area contributed by atoms with Crippen LogP contribution in [0.3, 0.4) is 0 Å². The molecule has 10 heteroatoms. The number of nitrogens with one attached hydrogen (secondary N) is 1. The van der Waals surface area contributed by atoms with Gasteiger partial charge in [-0.2, -0.15) is 0 Å². The first-order valence-electron chi connectivity index (χ1n) is 10.2. The number of carbonyl (C=O) groups is 2. The second-order valence-electron chi connectivity index (χ2n) is 7.15. The molecule has 0 saturated carbocycles. The molecule has 2 aromatic carbocycles. The summed E-state index contributed by atoms with van der Waals surface area (Å²) in [4.78, 5) is 28.4. The molecule has 1 aromatic heterocycles. The SMILES string of the molecule is CC(OC(=O)/C=C/c1ccc(OCc2ccccn2)cc1)C(=O)Nc1cccc(S(N)(=O)=O)c1. The monoisotopic (exact) mass is 481 g/mol. The van der Waals surface area contributed by atoms with Crippen LogP contribution in [-0.4, -0.2) is 31.4 Å². The largest absolute Gasteiger partial charge is 0.487 e. The zero-order valence-corrected chi connectivity index (χ0v) is 19.1. The van der Waals surface area contributed by atoms with Crippen LogP contribution in [-0.2, 0) is 31.0 Å². The van der Waals surface area contributed by atoms with Gasteiger partial charge in [0.15, 0.2) is 6.10 Å². The van der Waals surface area contributed by atoms with Crippen LogP contribution in [0.1, 0.15) is 18.2 Å². The molecule has 3 aromatic rings. The van der Waals surface area contributed by atoms with Gasteiger partial charge in [0, 0.05) is 18.0 Å². The molecule has 1 heterocycles. The van der Waals surface area contributed by atoms with Gasteiger partial charge in [0.05, 0.1) is 10.6 Å². The quantitative estimate of drug-likeness (QED) is 0.354. The van der Waals surface area contributed by atoms with Gasteiger partial charge in [-0.25, -0.2) is 18.4 Å². The Balaban J connectivity index is 1.49. The number of pyridine rings is 1. The molecule has 0 spiro atoms. The molecule has 0 radical (unpaired) electrons. The second kappa shape index (κ2) is 11.2. The van der Waals surface area contributed by atoms with Crippen LogP contribution in [0, 0.1) is 0 Å². The van der Waals surface area contributed by atoms with Crippen molar-refractivity contribution in [1.29, 1.82) is 0 Å². The first kappa shape index (κ1) is 24.6. The lowest BCUT2D eigenvalue weighted by Crippen LogP contribution is -2.29. The second-order valence-corrected chi connectivity index (χ2v) is 8.71. The predicted molar refractivity (Wildman–Crippen MR) is 126 cm³/mol. The Morgan fingerprint density at radius 3 is 2.53 bits per heavy atom. The van der Waals surface area contributed by atoms with E-state index in [1.165, 1.54) is 37.3 Å². The number of benzene rings is 2. The fourth-order valence-corrected chi connectivity index (χ4v) is 3.30. The highest BCUT2D eigenvalue weighted by Gasteiger charge is 2.17. The molecule has 1 atom stereocenters. The lowest BCUT2D eigenvalue weighted by Gasteiger charge is -2.13. The zero-order valence-electron chi connectivity index (χ0n) is 18.2. The van der Waals surface area contributed by atoms with E-state index < -0.39 is 28.0 Å². The molecule has 0 bridgehead atoms. The number of nitrogens with zero attached hydrogens (tertiary/aromatic N) is 1. The average Bonchev–Trinajstić information content (AvgIpc) is 2.82. The number of amides is 1. The first-order chi connectivity index (χ1) is 16.2. The van der Waals surface area contributed by atoms with E-state index in [4.69, 9.17) is 14.6 Å². The Bertz CT molecular complexity index is 1280. The van der Waals surface area contributed by atoms with Crippen molar-refractivity contribution in [3.8, 4) is 5.75 Å². The highest BCUT2D eigenvalue weighted by Crippen LogP contribution is 2.16. The standard InChI is InChI=1S/C24H23N3O6S/c1-17(24(29)27-19-6-4-7-22(15-19)34(25,30)31)33-23(28)13-10-18-8-11-21(12-9-18)32-16-20-5-2-3-14-26-20/h2-15,17H,16H2,1H3,(H,27,29)(H2,25,30,31)/b13-10+. The normalized spacial score (nSPS) is 12.2. The maximum Gasteiger partial charge on any atom is 0.331 e. The highest BCUT2D eigenvalue weighted by atomic mass is 32.2. The van der Waals surface area contributed by atoms with Gasteiger partial charge in [-0.05, 0) is 61.0 Å². The van der Waals surface area contributed by atoms with E-state index in [2.05, 4.69) is 10.3 Å². The first-order valence-corrected chi connectivity index (χ1v) is 11.7. The molecule has 0 aliphatic heterocycles. The Labute approximate surface area is 197 Å². The number of rotatable bonds is 9. The summed E-state index contributed by atoms with van der Waals surface area (Å²) in [5.74, 6) is -0.679. The summed E-state index contributed by atoms with van der Waals surface area (Å²) in [6, 6.07) is 18.1. The molecule has 3 N–H and O–H groups in total. The van der Waals surface area contributed by atoms with Crippen LogP contribution in [0.5, 0.6) is 5.75 Å². The van der Waals surface area contributed by atoms with Crippen LogP contribution in [0.2, 0.25) is 0 Å². The van der Waals surface area contributed by atoms with Gasteiger partial charge in [0.2, 0.25) is 10.0 Å². The number of sulfonamides is 1. The van der Waals surface area contributed by atoms with Crippen LogP contribution < -0.4 is 15.2 Å². The van der Waals surface area contributed by atoms with Crippen molar-refractivity contribution in [2.24, 2.45) is 5.14 Å². The van der Waals surface area contributed by atoms with Gasteiger partial charge in [-0.3, -0.25) is 9.78 Å². The third-order valence-corrected chi connectivity index (χ3v) is 5.41. The lowest BCUT2D eigenvalue weighted by molar-refractivity contribution is -0.148. The molecule has 176 valence electrons. The minimum absolute atomic E-state index is 0.147. The molecule has 0 saturated heterocycles. The van der Waals surface area contributed by atoms with Gasteiger partial charge in [-0.1, -0.05) is 24.3 Å². The lowest BCUT2D eigenvalue weighted by atomic mass is 10.2. The van der Waals surface area contributed by atoms with Crippen molar-refractivity contribution < 1.29 is 27.5 Å². The third kappa shape index (κ3) is 7.54. The summed E-state index contributed by atoms with van der Waals surface area (Å²) in [7, 11) is -3.91. The van der Waals surface area contributed by atoms with Crippen LogP contribution in [0.15, 0.2) is 83.9 Å². The number of anilines is 1. The van der Waals surface area contributed by atoms with Crippen molar-refractivity contribution in [2.45, 2.75) is 24.5 Å². The Hall–Kier alpha value is -4.02. The maximum absolute atomic E-state index is 12.3. The van der Waals surface area contributed by atoms with Crippen molar-refractivity contribution in [3.63, 3.8) is 0 Å². The Kier molecular flexibility index (Phi) is 8.12. The van der Waals surface area contributed by atoms with Crippen LogP contribution >= 0.6 is 0 Å². The van der Waals surface area contributed by atoms with E-state index in [1.807, 2.05) is 18.2 Å². The zero-order chi connectivity index (χ0) is 24.6. The molecule has 0 aliphatic carbocycles. The molecule has 3 rings (SSSR count). The number of esters is 1. The molecule has 0 aliphatic rings. The molecule has 9 nitrogen and oxygen atoms in total. The molecule has 1 amide bonds. The van der Waals surface area contributed by atoms with E-state index in [0.29, 0.717) is 12.4 Å². The maximum atomic E-state index is 12.3. The molecular formula is C24H23N3O6S. The number of carbonyl (C=O) groups excluding carboxylic acids is 2. The molecule has 1 unspecified atom stereocenters. The Morgan fingerprint density at radius 1 is 1.09 bits per heavy atom. The van der Waals surface area contributed by atoms with E-state index in [9.17, 15) is 18.0 Å². The summed E-state index contributed by atoms with van der Waals surface area (Å²) in [5, 5.41) is 7.57. The third-order valence-electron chi connectivity index (χ3n) is 4.50. The van der Waals surface area contributed by atoms with E-state index in [0.717, 1.165) is 11.3 Å². The number of aromatic nitrogens is 1. The van der Waals surface area contributed by atoms with Crippen molar-refractivity contribution >= 4 is 33.7 Å². The van der Waals surface area contributed by atoms with E-state index >= 15 is 0 Å². The van der Waals surface area contributed by atoms with Gasteiger partial charge in [-0.15, -0.1) is 0 Å². The predicted octanol–water partition coefficient (Wildman–Crippen LogP) is 2.89. The highest BCUT2D eigenvalue weighted by molar-refractivity contribution is 7.89. The smallest absolute Gasteiger partial charge is 0.331 e. The average molecular weight is 482 g/mol. The topological polar surface area (TPSA) is 138 Å². The fraction of sp³-hybridized carbons (Fsp3) is 0.125. The summed E-state index contributed by atoms with van der Waals surface area (Å²) < 4.78 is 33.6. The van der Waals surface area contributed by atoms with Crippen molar-refractivity contribution in [2.75, 3.05) is 5.32 Å². The van der Waals surface area contributed by atoms with Crippen molar-refractivity contribution in [1.82, 2.24) is 4.98 Å². The van der Waals surface area contributed by atoms with Gasteiger partial charge in [0.25, 0.3) is 5.91 Å². The minimum atomic E-state index is -3.91. The number of hydrogen-bond acceptors (Lipinski definition) is 7. The number of primary sulfonamides is 1. The minimum Gasteiger partial charge on any atom is -0.487 e. The van der Waals surface area contributed by atoms with Gasteiger partial charge in [0.1, 0.15) is 12.4 Å². The van der Waals surface area contributed by atoms with Crippen molar-refractivity contribution in [3.05, 3.63) is 90.3 Å². The molecular weight excluding hydrogens is 458 g/mol. The summed E-state index contributed by atoms with van der Waals surface area (Å²) in [5.41, 5.74) is 1.75. The summed E-state index contributed by atoms with van der Waals surface area (Å²) >= 11 is 0. The van der Waals surface area contributed by atoms with E-state index in [-0.39, 0.29) is 10.6 Å². The number of hydrogen-bond donors (Lipinski definition) is 2. The summed E-state index contributed by atoms with van der Waals surface area (Å²) in [6.45, 7) is 1.74. The molecule has 34 heavy (non-hydrogen) atoms. The van der Waals surface area contributed by atoms with Crippen LogP contribution in [0.4, 0.5) is 5.69 Å². The summed E-state index contributed by atoms with van der Waals surface area (Å²) in [6.07, 6.45) is 3.33. The number of ether oxygens (including phenoxy) is 2. The van der Waals surface area contributed by atoms with Gasteiger partial charge >= 0.3 is 5.97 Å². The number of nitrogens with two attached hydrogens (primary N) is 1. The Morgan fingerprint density at radius 2 is 1.85 bits per heavy atom.